The monoisotopic (exact) mass is 221 g/mol. The molecule has 1 atom stereocenters. The first kappa shape index (κ1) is 12.2. The standard InChI is InChI=1S/C15H27N/c1-12(2)14-10-6-7-11-15(14)16-13-8-4-3-5-9-13/h13,15-16H,3-11H2,1-2H3. The molecule has 1 N–H and O–H groups in total. The first-order valence-electron chi connectivity index (χ1n) is 7.19. The Kier molecular flexibility index (Phi) is 4.45. The lowest BCUT2D eigenvalue weighted by Gasteiger charge is -2.33. The van der Waals surface area contributed by atoms with Crippen molar-refractivity contribution >= 4 is 0 Å². The molecule has 0 aromatic heterocycles. The summed E-state index contributed by atoms with van der Waals surface area (Å²) in [6.45, 7) is 4.58. The normalized spacial score (nSPS) is 28.1. The van der Waals surface area contributed by atoms with Gasteiger partial charge in [0.15, 0.2) is 0 Å². The summed E-state index contributed by atoms with van der Waals surface area (Å²) in [4.78, 5) is 0. The Bertz CT molecular complexity index is 244. The molecule has 2 aliphatic rings. The molecule has 0 radical (unpaired) electrons. The second kappa shape index (κ2) is 5.86. The van der Waals surface area contributed by atoms with E-state index in [1.54, 1.807) is 11.1 Å². The molecule has 16 heavy (non-hydrogen) atoms. The van der Waals surface area contributed by atoms with Crippen molar-refractivity contribution in [1.29, 1.82) is 0 Å². The molecule has 0 aliphatic heterocycles. The van der Waals surface area contributed by atoms with Crippen molar-refractivity contribution in [1.82, 2.24) is 5.32 Å². The van der Waals surface area contributed by atoms with Gasteiger partial charge in [-0.1, -0.05) is 36.8 Å². The first-order valence-corrected chi connectivity index (χ1v) is 7.19. The van der Waals surface area contributed by atoms with Crippen molar-refractivity contribution in [2.24, 2.45) is 0 Å². The third kappa shape index (κ3) is 3.10. The van der Waals surface area contributed by atoms with Crippen LogP contribution in [0.1, 0.15) is 71.6 Å². The molecule has 0 aromatic carbocycles. The van der Waals surface area contributed by atoms with Gasteiger partial charge in [-0.05, 0) is 46.0 Å². The Labute approximate surface area is 101 Å². The summed E-state index contributed by atoms with van der Waals surface area (Å²) in [7, 11) is 0. The molecule has 0 aromatic rings. The Morgan fingerprint density at radius 3 is 2.31 bits per heavy atom. The molecule has 1 nitrogen and oxygen atoms in total. The predicted octanol–water partition coefficient (Wildman–Crippen LogP) is 4.19. The molecule has 0 bridgehead atoms. The van der Waals surface area contributed by atoms with Gasteiger partial charge in [-0.3, -0.25) is 0 Å². The van der Waals surface area contributed by atoms with E-state index < -0.39 is 0 Å². The topological polar surface area (TPSA) is 12.0 Å². The molecule has 2 saturated carbocycles. The van der Waals surface area contributed by atoms with E-state index in [1.807, 2.05) is 0 Å². The van der Waals surface area contributed by atoms with Crippen molar-refractivity contribution in [3.8, 4) is 0 Å². The van der Waals surface area contributed by atoms with Crippen molar-refractivity contribution in [3.05, 3.63) is 11.1 Å². The van der Waals surface area contributed by atoms with Crippen molar-refractivity contribution < 1.29 is 0 Å². The van der Waals surface area contributed by atoms with Crippen LogP contribution in [0.25, 0.3) is 0 Å². The van der Waals surface area contributed by atoms with Gasteiger partial charge in [0.1, 0.15) is 0 Å². The Hall–Kier alpha value is -0.300. The lowest BCUT2D eigenvalue weighted by molar-refractivity contribution is 0.326. The van der Waals surface area contributed by atoms with E-state index in [2.05, 4.69) is 19.2 Å². The Morgan fingerprint density at radius 1 is 0.938 bits per heavy atom. The van der Waals surface area contributed by atoms with Crippen molar-refractivity contribution in [2.75, 3.05) is 0 Å². The quantitative estimate of drug-likeness (QED) is 0.689. The highest BCUT2D eigenvalue weighted by atomic mass is 15.0. The van der Waals surface area contributed by atoms with Crippen LogP contribution in [-0.2, 0) is 0 Å². The van der Waals surface area contributed by atoms with Crippen LogP contribution < -0.4 is 5.32 Å². The number of allylic oxidation sites excluding steroid dienone is 1. The second-order valence-electron chi connectivity index (χ2n) is 5.83. The Morgan fingerprint density at radius 2 is 1.62 bits per heavy atom. The van der Waals surface area contributed by atoms with Crippen LogP contribution in [0.3, 0.4) is 0 Å². The highest BCUT2D eigenvalue weighted by molar-refractivity contribution is 5.19. The highest BCUT2D eigenvalue weighted by Crippen LogP contribution is 2.28. The average molecular weight is 221 g/mol. The maximum atomic E-state index is 3.93. The van der Waals surface area contributed by atoms with Crippen LogP contribution in [0.5, 0.6) is 0 Å². The van der Waals surface area contributed by atoms with E-state index in [9.17, 15) is 0 Å². The smallest absolute Gasteiger partial charge is 0.0284 e. The minimum atomic E-state index is 0.710. The third-order valence-corrected chi connectivity index (χ3v) is 4.29. The molecule has 0 saturated heterocycles. The van der Waals surface area contributed by atoms with Crippen molar-refractivity contribution in [2.45, 2.75) is 83.7 Å². The van der Waals surface area contributed by atoms with Gasteiger partial charge in [0.05, 0.1) is 0 Å². The van der Waals surface area contributed by atoms with Crippen LogP contribution in [-0.4, -0.2) is 12.1 Å². The SMILES string of the molecule is CC(C)=C1CCCCC1NC1CCCCC1. The molecular formula is C15H27N. The fourth-order valence-electron chi connectivity index (χ4n) is 3.35. The van der Waals surface area contributed by atoms with Crippen LogP contribution in [0.15, 0.2) is 11.1 Å². The molecule has 1 unspecified atom stereocenters. The molecule has 1 heteroatoms. The summed E-state index contributed by atoms with van der Waals surface area (Å²) in [5.41, 5.74) is 3.28. The zero-order valence-corrected chi connectivity index (χ0v) is 11.0. The minimum Gasteiger partial charge on any atom is -0.307 e. The largest absolute Gasteiger partial charge is 0.307 e. The number of hydrogen-bond donors (Lipinski definition) is 1. The van der Waals surface area contributed by atoms with Gasteiger partial charge in [-0.15, -0.1) is 0 Å². The van der Waals surface area contributed by atoms with Gasteiger partial charge >= 0.3 is 0 Å². The maximum Gasteiger partial charge on any atom is 0.0284 e. The minimum absolute atomic E-state index is 0.710. The molecule has 2 fully saturated rings. The van der Waals surface area contributed by atoms with Crippen LogP contribution in [0.4, 0.5) is 0 Å². The maximum absolute atomic E-state index is 3.93. The van der Waals surface area contributed by atoms with Gasteiger partial charge in [0.2, 0.25) is 0 Å². The molecule has 0 spiro atoms. The van der Waals surface area contributed by atoms with E-state index in [0.29, 0.717) is 6.04 Å². The van der Waals surface area contributed by atoms with E-state index in [4.69, 9.17) is 0 Å². The lowest BCUT2D eigenvalue weighted by atomic mass is 9.85. The van der Waals surface area contributed by atoms with Gasteiger partial charge in [0, 0.05) is 12.1 Å². The molecule has 0 amide bonds. The highest BCUT2D eigenvalue weighted by Gasteiger charge is 2.23. The van der Waals surface area contributed by atoms with Gasteiger partial charge in [-0.25, -0.2) is 0 Å². The van der Waals surface area contributed by atoms with Crippen molar-refractivity contribution in [3.63, 3.8) is 0 Å². The molecule has 92 valence electrons. The zero-order valence-electron chi connectivity index (χ0n) is 11.0. The number of hydrogen-bond acceptors (Lipinski definition) is 1. The number of nitrogens with one attached hydrogen (secondary N) is 1. The summed E-state index contributed by atoms with van der Waals surface area (Å²) in [5.74, 6) is 0. The van der Waals surface area contributed by atoms with E-state index in [1.165, 1.54) is 57.8 Å². The first-order chi connectivity index (χ1) is 7.77. The number of rotatable bonds is 2. The summed E-state index contributed by atoms with van der Waals surface area (Å²) in [6.07, 6.45) is 12.7. The summed E-state index contributed by atoms with van der Waals surface area (Å²) in [6, 6.07) is 1.52. The van der Waals surface area contributed by atoms with Gasteiger partial charge < -0.3 is 5.32 Å². The van der Waals surface area contributed by atoms with E-state index >= 15 is 0 Å². The summed E-state index contributed by atoms with van der Waals surface area (Å²) in [5, 5.41) is 3.93. The summed E-state index contributed by atoms with van der Waals surface area (Å²) >= 11 is 0. The van der Waals surface area contributed by atoms with Crippen LogP contribution in [0, 0.1) is 0 Å². The van der Waals surface area contributed by atoms with E-state index in [-0.39, 0.29) is 0 Å². The van der Waals surface area contributed by atoms with E-state index in [0.717, 1.165) is 6.04 Å². The zero-order chi connectivity index (χ0) is 11.4. The second-order valence-corrected chi connectivity index (χ2v) is 5.83. The molecule has 2 aliphatic carbocycles. The fourth-order valence-corrected chi connectivity index (χ4v) is 3.35. The fraction of sp³-hybridized carbons (Fsp3) is 0.867. The van der Waals surface area contributed by atoms with Crippen LogP contribution in [0.2, 0.25) is 0 Å². The predicted molar refractivity (Wildman–Crippen MR) is 70.6 cm³/mol. The molecule has 2 rings (SSSR count). The van der Waals surface area contributed by atoms with Gasteiger partial charge in [0.25, 0.3) is 0 Å². The van der Waals surface area contributed by atoms with Gasteiger partial charge in [-0.2, -0.15) is 0 Å². The Balaban J connectivity index is 1.93. The lowest BCUT2D eigenvalue weighted by Crippen LogP contribution is -2.42. The van der Waals surface area contributed by atoms with Crippen LogP contribution >= 0.6 is 0 Å². The average Bonchev–Trinajstić information content (AvgIpc) is 2.31. The summed E-state index contributed by atoms with van der Waals surface area (Å²) < 4.78 is 0. The molecular weight excluding hydrogens is 194 g/mol. The molecule has 0 heterocycles. The third-order valence-electron chi connectivity index (χ3n) is 4.29.